The van der Waals surface area contributed by atoms with E-state index >= 15 is 0 Å². The number of halogens is 1. The van der Waals surface area contributed by atoms with Crippen LogP contribution in [-0.2, 0) is 4.74 Å². The molecule has 0 aliphatic rings. The standard InChI is InChI=1S/C13H22ClNOS/c1-5-9(15)12(16-13(3,4)6-2)10-7-8-11(14)17-10/h7-9,12H,5-6,15H2,1-4H3. The van der Waals surface area contributed by atoms with Gasteiger partial charge in [-0.2, -0.15) is 0 Å². The van der Waals surface area contributed by atoms with Crippen LogP contribution in [0.3, 0.4) is 0 Å². The Morgan fingerprint density at radius 3 is 2.47 bits per heavy atom. The van der Waals surface area contributed by atoms with Crippen LogP contribution >= 0.6 is 22.9 Å². The van der Waals surface area contributed by atoms with Crippen LogP contribution in [0, 0.1) is 0 Å². The van der Waals surface area contributed by atoms with Gasteiger partial charge in [0, 0.05) is 10.9 Å². The maximum atomic E-state index is 6.17. The molecular formula is C13H22ClNOS. The third kappa shape index (κ3) is 4.25. The molecular weight excluding hydrogens is 254 g/mol. The normalized spacial score (nSPS) is 15.9. The van der Waals surface area contributed by atoms with E-state index in [1.807, 2.05) is 12.1 Å². The summed E-state index contributed by atoms with van der Waals surface area (Å²) < 4.78 is 6.95. The maximum Gasteiger partial charge on any atom is 0.107 e. The molecule has 0 spiro atoms. The average Bonchev–Trinajstić information content (AvgIpc) is 2.71. The molecule has 0 bridgehead atoms. The Morgan fingerprint density at radius 1 is 1.41 bits per heavy atom. The molecule has 0 fully saturated rings. The zero-order chi connectivity index (χ0) is 13.1. The van der Waals surface area contributed by atoms with Crippen LogP contribution in [0.5, 0.6) is 0 Å². The van der Waals surface area contributed by atoms with Crippen molar-refractivity contribution >= 4 is 22.9 Å². The zero-order valence-corrected chi connectivity index (χ0v) is 12.6. The molecule has 0 radical (unpaired) electrons. The van der Waals surface area contributed by atoms with Gasteiger partial charge in [0.2, 0.25) is 0 Å². The van der Waals surface area contributed by atoms with E-state index in [0.717, 1.165) is 22.1 Å². The van der Waals surface area contributed by atoms with Crippen LogP contribution in [0.25, 0.3) is 0 Å². The fourth-order valence-electron chi connectivity index (χ4n) is 1.48. The molecule has 1 heterocycles. The molecule has 2 N–H and O–H groups in total. The van der Waals surface area contributed by atoms with Crippen LogP contribution in [-0.4, -0.2) is 11.6 Å². The number of nitrogens with two attached hydrogens (primary N) is 1. The summed E-state index contributed by atoms with van der Waals surface area (Å²) in [4.78, 5) is 1.12. The highest BCUT2D eigenvalue weighted by Gasteiger charge is 2.28. The molecule has 4 heteroatoms. The topological polar surface area (TPSA) is 35.2 Å². The molecule has 98 valence electrons. The van der Waals surface area contributed by atoms with E-state index in [-0.39, 0.29) is 17.7 Å². The Balaban J connectivity index is 2.89. The number of rotatable bonds is 6. The first kappa shape index (κ1) is 15.0. The smallest absolute Gasteiger partial charge is 0.107 e. The monoisotopic (exact) mass is 275 g/mol. The van der Waals surface area contributed by atoms with Crippen molar-refractivity contribution in [3.05, 3.63) is 21.3 Å². The molecule has 0 aliphatic carbocycles. The summed E-state index contributed by atoms with van der Waals surface area (Å²) in [6.07, 6.45) is 1.78. The van der Waals surface area contributed by atoms with Gasteiger partial charge in [0.05, 0.1) is 9.94 Å². The highest BCUT2D eigenvalue weighted by atomic mass is 35.5. The van der Waals surface area contributed by atoms with Gasteiger partial charge in [0.15, 0.2) is 0 Å². The molecule has 2 nitrogen and oxygen atoms in total. The minimum Gasteiger partial charge on any atom is -0.365 e. The van der Waals surface area contributed by atoms with Gasteiger partial charge >= 0.3 is 0 Å². The maximum absolute atomic E-state index is 6.17. The molecule has 0 saturated heterocycles. The second kappa shape index (κ2) is 6.19. The van der Waals surface area contributed by atoms with E-state index in [0.29, 0.717) is 0 Å². The summed E-state index contributed by atoms with van der Waals surface area (Å²) in [5.74, 6) is 0. The van der Waals surface area contributed by atoms with Crippen molar-refractivity contribution in [2.24, 2.45) is 5.73 Å². The van der Waals surface area contributed by atoms with Crippen LogP contribution in [0.1, 0.15) is 51.5 Å². The van der Waals surface area contributed by atoms with Crippen LogP contribution in [0.4, 0.5) is 0 Å². The van der Waals surface area contributed by atoms with Crippen molar-refractivity contribution < 1.29 is 4.74 Å². The van der Waals surface area contributed by atoms with E-state index in [2.05, 4.69) is 27.7 Å². The van der Waals surface area contributed by atoms with E-state index in [1.165, 1.54) is 0 Å². The first-order valence-corrected chi connectivity index (χ1v) is 7.27. The van der Waals surface area contributed by atoms with Gasteiger partial charge in [-0.15, -0.1) is 11.3 Å². The lowest BCUT2D eigenvalue weighted by molar-refractivity contribution is -0.0843. The van der Waals surface area contributed by atoms with Gasteiger partial charge in [-0.3, -0.25) is 0 Å². The van der Waals surface area contributed by atoms with Crippen molar-refractivity contribution in [1.82, 2.24) is 0 Å². The molecule has 0 aliphatic heterocycles. The minimum absolute atomic E-state index is 0.00976. The van der Waals surface area contributed by atoms with E-state index < -0.39 is 0 Å². The summed E-state index contributed by atoms with van der Waals surface area (Å²) >= 11 is 7.53. The van der Waals surface area contributed by atoms with Crippen molar-refractivity contribution in [3.8, 4) is 0 Å². The quantitative estimate of drug-likeness (QED) is 0.836. The average molecular weight is 276 g/mol. The van der Waals surface area contributed by atoms with Gasteiger partial charge in [0.25, 0.3) is 0 Å². The number of ether oxygens (including phenoxy) is 1. The van der Waals surface area contributed by atoms with Crippen molar-refractivity contribution in [3.63, 3.8) is 0 Å². The zero-order valence-electron chi connectivity index (χ0n) is 11.0. The van der Waals surface area contributed by atoms with Gasteiger partial charge in [-0.1, -0.05) is 25.4 Å². The second-order valence-corrected chi connectivity index (χ2v) is 6.61. The first-order chi connectivity index (χ1) is 7.89. The number of thiophene rings is 1. The Labute approximate surface area is 113 Å². The minimum atomic E-state index is -0.159. The SMILES string of the molecule is CCC(N)C(OC(C)(C)CC)c1ccc(Cl)s1. The van der Waals surface area contributed by atoms with E-state index in [4.69, 9.17) is 22.1 Å². The highest BCUT2D eigenvalue weighted by molar-refractivity contribution is 7.16. The van der Waals surface area contributed by atoms with Gasteiger partial charge in [-0.05, 0) is 38.8 Å². The Bertz CT molecular complexity index is 351. The lowest BCUT2D eigenvalue weighted by atomic mass is 10.0. The predicted molar refractivity (Wildman–Crippen MR) is 75.8 cm³/mol. The molecule has 0 amide bonds. The van der Waals surface area contributed by atoms with E-state index in [1.54, 1.807) is 11.3 Å². The molecule has 2 atom stereocenters. The summed E-state index contributed by atoms with van der Waals surface area (Å²) in [7, 11) is 0. The fraction of sp³-hybridized carbons (Fsp3) is 0.692. The number of hydrogen-bond acceptors (Lipinski definition) is 3. The van der Waals surface area contributed by atoms with Crippen LogP contribution in [0.15, 0.2) is 12.1 Å². The Kier molecular flexibility index (Phi) is 5.45. The van der Waals surface area contributed by atoms with Crippen molar-refractivity contribution in [2.75, 3.05) is 0 Å². The third-order valence-corrected chi connectivity index (χ3v) is 4.32. The summed E-state index contributed by atoms with van der Waals surface area (Å²) in [5, 5.41) is 0. The lowest BCUT2D eigenvalue weighted by Gasteiger charge is -2.32. The number of hydrogen-bond donors (Lipinski definition) is 1. The summed E-state index contributed by atoms with van der Waals surface area (Å²) in [5.41, 5.74) is 6.00. The second-order valence-electron chi connectivity index (χ2n) is 4.87. The van der Waals surface area contributed by atoms with Gasteiger partial charge in [0.1, 0.15) is 6.10 Å². The fourth-order valence-corrected chi connectivity index (χ4v) is 2.65. The summed E-state index contributed by atoms with van der Waals surface area (Å²) in [6, 6.07) is 3.92. The van der Waals surface area contributed by atoms with Gasteiger partial charge < -0.3 is 10.5 Å². The highest BCUT2D eigenvalue weighted by Crippen LogP contribution is 2.35. The molecule has 0 aromatic carbocycles. The first-order valence-electron chi connectivity index (χ1n) is 6.08. The molecule has 17 heavy (non-hydrogen) atoms. The van der Waals surface area contributed by atoms with Gasteiger partial charge in [-0.25, -0.2) is 0 Å². The summed E-state index contributed by atoms with van der Waals surface area (Å²) in [6.45, 7) is 8.39. The predicted octanol–water partition coefficient (Wildman–Crippen LogP) is 4.39. The largest absolute Gasteiger partial charge is 0.365 e. The Morgan fingerprint density at radius 2 is 2.06 bits per heavy atom. The molecule has 0 saturated carbocycles. The Hall–Kier alpha value is -0.0900. The lowest BCUT2D eigenvalue weighted by Crippen LogP contribution is -2.35. The van der Waals surface area contributed by atoms with Crippen molar-refractivity contribution in [1.29, 1.82) is 0 Å². The molecule has 1 aromatic heterocycles. The molecule has 1 aromatic rings. The van der Waals surface area contributed by atoms with Crippen LogP contribution in [0.2, 0.25) is 4.34 Å². The van der Waals surface area contributed by atoms with Crippen LogP contribution < -0.4 is 5.73 Å². The molecule has 1 rings (SSSR count). The van der Waals surface area contributed by atoms with Crippen molar-refractivity contribution in [2.45, 2.75) is 58.3 Å². The molecule has 2 unspecified atom stereocenters. The van der Waals surface area contributed by atoms with E-state index in [9.17, 15) is 0 Å². The third-order valence-electron chi connectivity index (χ3n) is 3.03.